The van der Waals surface area contributed by atoms with Crippen LogP contribution >= 0.6 is 12.4 Å². The molecule has 2 aromatic rings. The van der Waals surface area contributed by atoms with Gasteiger partial charge in [-0.2, -0.15) is 0 Å². The number of carbonyl (C=O) groups excluding carboxylic acids is 1. The first-order valence-electron chi connectivity index (χ1n) is 9.30. The lowest BCUT2D eigenvalue weighted by Gasteiger charge is -2.25. The molecule has 4 rings (SSSR count). The molecule has 7 heteroatoms. The number of carbonyl (C=O) groups is 1. The highest BCUT2D eigenvalue weighted by Gasteiger charge is 2.22. The summed E-state index contributed by atoms with van der Waals surface area (Å²) in [6, 6.07) is 8.93. The molecule has 1 unspecified atom stereocenters. The van der Waals surface area contributed by atoms with Crippen molar-refractivity contribution in [1.29, 1.82) is 0 Å². The maximum Gasteiger partial charge on any atom is 0.273 e. The van der Waals surface area contributed by atoms with Crippen LogP contribution in [0, 0.1) is 0 Å². The van der Waals surface area contributed by atoms with E-state index >= 15 is 0 Å². The molecule has 26 heavy (non-hydrogen) atoms. The Morgan fingerprint density at radius 3 is 2.88 bits per heavy atom. The summed E-state index contributed by atoms with van der Waals surface area (Å²) in [6.07, 6.45) is 7.31. The molecule has 140 valence electrons. The quantitative estimate of drug-likeness (QED) is 0.861. The Morgan fingerprint density at radius 2 is 2.04 bits per heavy atom. The van der Waals surface area contributed by atoms with E-state index in [1.807, 2.05) is 4.68 Å². The van der Waals surface area contributed by atoms with Crippen LogP contribution in [0.3, 0.4) is 0 Å². The van der Waals surface area contributed by atoms with Gasteiger partial charge < -0.3 is 10.6 Å². The predicted octanol–water partition coefficient (Wildman–Crippen LogP) is 2.47. The van der Waals surface area contributed by atoms with E-state index in [-0.39, 0.29) is 18.3 Å². The fraction of sp³-hybridized carbons (Fsp3) is 0.526. The van der Waals surface area contributed by atoms with Gasteiger partial charge in [-0.05, 0) is 56.3 Å². The fourth-order valence-electron chi connectivity index (χ4n) is 4.00. The summed E-state index contributed by atoms with van der Waals surface area (Å²) in [5.74, 6) is 0.275. The lowest BCUT2D eigenvalue weighted by molar-refractivity contribution is 0.0945. The van der Waals surface area contributed by atoms with Crippen molar-refractivity contribution in [3.05, 3.63) is 47.3 Å². The van der Waals surface area contributed by atoms with E-state index in [0.29, 0.717) is 24.2 Å². The lowest BCUT2D eigenvalue weighted by Crippen LogP contribution is -2.30. The number of hydrogen-bond acceptors (Lipinski definition) is 4. The molecule has 1 aliphatic carbocycles. The van der Waals surface area contributed by atoms with Gasteiger partial charge in [-0.15, -0.1) is 17.5 Å². The summed E-state index contributed by atoms with van der Waals surface area (Å²) >= 11 is 0. The number of fused-ring (bicyclic) bond motifs is 1. The zero-order valence-corrected chi connectivity index (χ0v) is 15.7. The van der Waals surface area contributed by atoms with Gasteiger partial charge in [0.25, 0.3) is 5.91 Å². The number of nitrogens with zero attached hydrogens (tertiary/aromatic N) is 3. The third-order valence-corrected chi connectivity index (χ3v) is 5.43. The fourth-order valence-corrected chi connectivity index (χ4v) is 4.00. The average molecular weight is 376 g/mol. The van der Waals surface area contributed by atoms with Gasteiger partial charge in [-0.25, -0.2) is 4.68 Å². The van der Waals surface area contributed by atoms with Gasteiger partial charge in [0.05, 0.1) is 12.2 Å². The van der Waals surface area contributed by atoms with E-state index in [9.17, 15) is 4.79 Å². The van der Waals surface area contributed by atoms with Crippen molar-refractivity contribution >= 4 is 18.3 Å². The largest absolute Gasteiger partial charge is 0.350 e. The number of piperidine rings is 1. The summed E-state index contributed by atoms with van der Waals surface area (Å²) < 4.78 is 1.85. The summed E-state index contributed by atoms with van der Waals surface area (Å²) in [6.45, 7) is 2.65. The van der Waals surface area contributed by atoms with Crippen molar-refractivity contribution in [1.82, 2.24) is 25.6 Å². The monoisotopic (exact) mass is 375 g/mol. The van der Waals surface area contributed by atoms with Gasteiger partial charge in [0.1, 0.15) is 0 Å². The zero-order valence-electron chi connectivity index (χ0n) is 14.9. The maximum atomic E-state index is 12.5. The summed E-state index contributed by atoms with van der Waals surface area (Å²) in [7, 11) is 0. The van der Waals surface area contributed by atoms with Crippen molar-refractivity contribution in [3.8, 4) is 0 Å². The Morgan fingerprint density at radius 1 is 1.23 bits per heavy atom. The molecule has 1 aromatic carbocycles. The molecular formula is C19H26ClN5O. The molecule has 1 atom stereocenters. The minimum atomic E-state index is -0.122. The van der Waals surface area contributed by atoms with Crippen molar-refractivity contribution in [2.24, 2.45) is 0 Å². The van der Waals surface area contributed by atoms with E-state index in [4.69, 9.17) is 0 Å². The Kier molecular flexibility index (Phi) is 6.27. The van der Waals surface area contributed by atoms with Crippen molar-refractivity contribution in [3.63, 3.8) is 0 Å². The van der Waals surface area contributed by atoms with Crippen LogP contribution in [0.25, 0.3) is 0 Å². The van der Waals surface area contributed by atoms with E-state index in [2.05, 4.69) is 45.2 Å². The molecule has 0 bridgehead atoms. The molecule has 2 heterocycles. The van der Waals surface area contributed by atoms with Gasteiger partial charge in [0.2, 0.25) is 0 Å². The summed E-state index contributed by atoms with van der Waals surface area (Å²) in [5, 5.41) is 14.6. The molecule has 0 spiro atoms. The van der Waals surface area contributed by atoms with E-state index in [1.54, 1.807) is 6.20 Å². The van der Waals surface area contributed by atoms with E-state index < -0.39 is 0 Å². The van der Waals surface area contributed by atoms with Crippen LogP contribution in [-0.4, -0.2) is 40.5 Å². The van der Waals surface area contributed by atoms with Crippen LogP contribution in [0.15, 0.2) is 30.5 Å². The summed E-state index contributed by atoms with van der Waals surface area (Å²) in [4.78, 5) is 12.5. The number of hydrogen-bond donors (Lipinski definition) is 2. The van der Waals surface area contributed by atoms with Crippen LogP contribution in [0.1, 0.15) is 59.3 Å². The van der Waals surface area contributed by atoms with Crippen LogP contribution in [0.4, 0.5) is 0 Å². The predicted molar refractivity (Wildman–Crippen MR) is 103 cm³/mol. The van der Waals surface area contributed by atoms with Crippen molar-refractivity contribution in [2.45, 2.75) is 44.1 Å². The van der Waals surface area contributed by atoms with Gasteiger partial charge in [-0.3, -0.25) is 4.79 Å². The molecule has 2 aliphatic rings. The second-order valence-electron chi connectivity index (χ2n) is 7.06. The Hall–Kier alpha value is -1.92. The number of amides is 1. The summed E-state index contributed by atoms with van der Waals surface area (Å²) in [5.41, 5.74) is 3.22. The third-order valence-electron chi connectivity index (χ3n) is 5.43. The third kappa shape index (κ3) is 4.07. The number of aryl methyl sites for hydroxylation is 1. The Bertz CT molecular complexity index is 741. The van der Waals surface area contributed by atoms with Gasteiger partial charge >= 0.3 is 0 Å². The minimum absolute atomic E-state index is 0. The van der Waals surface area contributed by atoms with Gasteiger partial charge in [-0.1, -0.05) is 29.5 Å². The molecule has 1 aromatic heterocycles. The van der Waals surface area contributed by atoms with Crippen LogP contribution in [-0.2, 0) is 6.42 Å². The molecule has 2 N–H and O–H groups in total. The lowest BCUT2D eigenvalue weighted by atomic mass is 9.83. The smallest absolute Gasteiger partial charge is 0.273 e. The highest BCUT2D eigenvalue weighted by atomic mass is 35.5. The van der Waals surface area contributed by atoms with E-state index in [1.165, 1.54) is 17.5 Å². The van der Waals surface area contributed by atoms with E-state index in [0.717, 1.165) is 38.8 Å². The minimum Gasteiger partial charge on any atom is -0.350 e. The molecule has 0 saturated carbocycles. The second kappa shape index (κ2) is 8.64. The van der Waals surface area contributed by atoms with Gasteiger partial charge in [0, 0.05) is 12.5 Å². The highest BCUT2D eigenvalue weighted by Crippen LogP contribution is 2.30. The number of benzene rings is 1. The molecule has 1 amide bonds. The topological polar surface area (TPSA) is 71.8 Å². The second-order valence-corrected chi connectivity index (χ2v) is 7.06. The zero-order chi connectivity index (χ0) is 17.1. The molecule has 1 saturated heterocycles. The first-order chi connectivity index (χ1) is 12.3. The first-order valence-corrected chi connectivity index (χ1v) is 9.30. The molecule has 1 aliphatic heterocycles. The van der Waals surface area contributed by atoms with Crippen molar-refractivity contribution < 1.29 is 4.79 Å². The molecule has 1 fully saturated rings. The van der Waals surface area contributed by atoms with Gasteiger partial charge in [0.15, 0.2) is 5.69 Å². The first kappa shape index (κ1) is 18.9. The number of rotatable bonds is 4. The molecule has 0 radical (unpaired) electrons. The number of halogens is 1. The molecule has 6 nitrogen and oxygen atoms in total. The average Bonchev–Trinajstić information content (AvgIpc) is 3.17. The standard InChI is InChI=1S/C19H25N5O.ClH/c25-19(18-13-24(23-22-18)16-8-10-20-11-9-16)21-12-15-6-3-5-14-4-1-2-7-17(14)15;/h1-2,4,7,13,15-16,20H,3,5-6,8-12H2,(H,21,25);1H. The highest BCUT2D eigenvalue weighted by molar-refractivity contribution is 5.91. The maximum absolute atomic E-state index is 12.5. The Balaban J connectivity index is 0.00000196. The van der Waals surface area contributed by atoms with Crippen molar-refractivity contribution in [2.75, 3.05) is 19.6 Å². The van der Waals surface area contributed by atoms with Crippen LogP contribution < -0.4 is 10.6 Å². The SMILES string of the molecule is Cl.O=C(NCC1CCCc2ccccc21)c1cn(C2CCNCC2)nn1. The Labute approximate surface area is 160 Å². The van der Waals surface area contributed by atoms with Crippen LogP contribution in [0.5, 0.6) is 0 Å². The number of aromatic nitrogens is 3. The van der Waals surface area contributed by atoms with Crippen LogP contribution in [0.2, 0.25) is 0 Å². The number of nitrogens with one attached hydrogen (secondary N) is 2. The normalized spacial score (nSPS) is 20.1. The molecular weight excluding hydrogens is 350 g/mol.